The average Bonchev–Trinajstić information content (AvgIpc) is 2.24. The maximum atomic E-state index is 6.06. The first-order chi connectivity index (χ1) is 7.25. The van der Waals surface area contributed by atoms with E-state index in [4.69, 9.17) is 27.9 Å². The lowest BCUT2D eigenvalue weighted by atomic mass is 10.1. The monoisotopic (exact) mass is 245 g/mol. The molecule has 0 saturated carbocycles. The maximum absolute atomic E-state index is 6.06. The molecule has 0 aliphatic carbocycles. The number of halogens is 2. The SMILES string of the molecule is Clc1ccc(NC2CCCOC2)c(Cl)c1. The number of rotatable bonds is 2. The molecule has 1 fully saturated rings. The molecule has 0 spiro atoms. The van der Waals surface area contributed by atoms with Crippen LogP contribution in [0.1, 0.15) is 12.8 Å². The predicted octanol–water partition coefficient (Wildman–Crippen LogP) is 3.58. The summed E-state index contributed by atoms with van der Waals surface area (Å²) in [6.45, 7) is 1.62. The van der Waals surface area contributed by atoms with Crippen molar-refractivity contribution < 1.29 is 4.74 Å². The third kappa shape index (κ3) is 3.00. The molecule has 4 heteroatoms. The van der Waals surface area contributed by atoms with E-state index in [9.17, 15) is 0 Å². The Labute approximate surface area is 99.5 Å². The minimum atomic E-state index is 0.359. The Balaban J connectivity index is 2.03. The second-order valence-electron chi connectivity index (χ2n) is 3.68. The largest absolute Gasteiger partial charge is 0.379 e. The zero-order valence-corrected chi connectivity index (χ0v) is 9.81. The van der Waals surface area contributed by atoms with Gasteiger partial charge in [0.25, 0.3) is 0 Å². The molecular weight excluding hydrogens is 233 g/mol. The van der Waals surface area contributed by atoms with Gasteiger partial charge in [-0.05, 0) is 31.0 Å². The van der Waals surface area contributed by atoms with Gasteiger partial charge in [0.15, 0.2) is 0 Å². The number of ether oxygens (including phenoxy) is 1. The van der Waals surface area contributed by atoms with Crippen molar-refractivity contribution in [2.45, 2.75) is 18.9 Å². The average molecular weight is 246 g/mol. The molecule has 1 atom stereocenters. The standard InChI is InChI=1S/C11H13Cl2NO/c12-8-3-4-11(10(13)6-8)14-9-2-1-5-15-7-9/h3-4,6,9,14H,1-2,5,7H2. The van der Waals surface area contributed by atoms with Crippen LogP contribution in [0.15, 0.2) is 18.2 Å². The van der Waals surface area contributed by atoms with Crippen LogP contribution in [0, 0.1) is 0 Å². The molecule has 0 radical (unpaired) electrons. The summed E-state index contributed by atoms with van der Waals surface area (Å²) in [5.41, 5.74) is 0.927. The minimum Gasteiger partial charge on any atom is -0.379 e. The van der Waals surface area contributed by atoms with Crippen LogP contribution in [-0.2, 0) is 4.74 Å². The zero-order chi connectivity index (χ0) is 10.7. The molecule has 0 amide bonds. The summed E-state index contributed by atoms with van der Waals surface area (Å²) in [5, 5.41) is 4.68. The number of hydrogen-bond acceptors (Lipinski definition) is 2. The van der Waals surface area contributed by atoms with Gasteiger partial charge in [-0.25, -0.2) is 0 Å². The first kappa shape index (κ1) is 11.1. The molecule has 2 rings (SSSR count). The van der Waals surface area contributed by atoms with Crippen LogP contribution < -0.4 is 5.32 Å². The van der Waals surface area contributed by atoms with E-state index < -0.39 is 0 Å². The van der Waals surface area contributed by atoms with Crippen LogP contribution in [0.5, 0.6) is 0 Å². The summed E-state index contributed by atoms with van der Waals surface area (Å²) in [6, 6.07) is 5.84. The number of hydrogen-bond donors (Lipinski definition) is 1. The van der Waals surface area contributed by atoms with Crippen LogP contribution >= 0.6 is 23.2 Å². The molecule has 1 N–H and O–H groups in total. The Morgan fingerprint density at radius 3 is 2.87 bits per heavy atom. The van der Waals surface area contributed by atoms with Gasteiger partial charge in [0.2, 0.25) is 0 Å². The Morgan fingerprint density at radius 2 is 2.20 bits per heavy atom. The topological polar surface area (TPSA) is 21.3 Å². The summed E-state index contributed by atoms with van der Waals surface area (Å²) in [5.74, 6) is 0. The van der Waals surface area contributed by atoms with Crippen molar-refractivity contribution >= 4 is 28.9 Å². The smallest absolute Gasteiger partial charge is 0.0667 e. The summed E-state index contributed by atoms with van der Waals surface area (Å²) < 4.78 is 5.39. The molecule has 1 unspecified atom stereocenters. The first-order valence-corrected chi connectivity index (χ1v) is 5.80. The van der Waals surface area contributed by atoms with Gasteiger partial charge < -0.3 is 10.1 Å². The molecule has 15 heavy (non-hydrogen) atoms. The van der Waals surface area contributed by atoms with E-state index in [-0.39, 0.29) is 0 Å². The molecule has 1 heterocycles. The lowest BCUT2D eigenvalue weighted by Gasteiger charge is -2.24. The van der Waals surface area contributed by atoms with Crippen LogP contribution in [0.25, 0.3) is 0 Å². The van der Waals surface area contributed by atoms with E-state index in [0.29, 0.717) is 16.1 Å². The highest BCUT2D eigenvalue weighted by molar-refractivity contribution is 6.36. The third-order valence-corrected chi connectivity index (χ3v) is 3.00. The van der Waals surface area contributed by atoms with Crippen LogP contribution in [0.2, 0.25) is 10.0 Å². The summed E-state index contributed by atoms with van der Waals surface area (Å²) in [4.78, 5) is 0. The molecule has 1 aliphatic rings. The van der Waals surface area contributed by atoms with Crippen molar-refractivity contribution in [1.82, 2.24) is 0 Å². The van der Waals surface area contributed by atoms with Gasteiger partial charge in [-0.3, -0.25) is 0 Å². The van der Waals surface area contributed by atoms with E-state index in [1.54, 1.807) is 6.07 Å². The fraction of sp³-hybridized carbons (Fsp3) is 0.455. The van der Waals surface area contributed by atoms with Crippen LogP contribution in [-0.4, -0.2) is 19.3 Å². The summed E-state index contributed by atoms with van der Waals surface area (Å²) >= 11 is 11.9. The van der Waals surface area contributed by atoms with Crippen molar-refractivity contribution in [3.05, 3.63) is 28.2 Å². The molecule has 2 nitrogen and oxygen atoms in total. The van der Waals surface area contributed by atoms with E-state index in [1.807, 2.05) is 12.1 Å². The molecule has 1 aromatic rings. The van der Waals surface area contributed by atoms with Gasteiger partial charge in [-0.1, -0.05) is 23.2 Å². The van der Waals surface area contributed by atoms with Crippen molar-refractivity contribution in [2.75, 3.05) is 18.5 Å². The van der Waals surface area contributed by atoms with Gasteiger partial charge in [0, 0.05) is 17.7 Å². The number of anilines is 1. The quantitative estimate of drug-likeness (QED) is 0.861. The van der Waals surface area contributed by atoms with Gasteiger partial charge in [-0.15, -0.1) is 0 Å². The number of nitrogens with one attached hydrogen (secondary N) is 1. The normalized spacial score (nSPS) is 21.3. The van der Waals surface area contributed by atoms with Gasteiger partial charge in [0.1, 0.15) is 0 Å². The molecule has 1 aliphatic heterocycles. The molecule has 0 aromatic heterocycles. The Hall–Kier alpha value is -0.440. The van der Waals surface area contributed by atoms with Crippen molar-refractivity contribution in [1.29, 1.82) is 0 Å². The second-order valence-corrected chi connectivity index (χ2v) is 4.53. The zero-order valence-electron chi connectivity index (χ0n) is 8.30. The lowest BCUT2D eigenvalue weighted by Crippen LogP contribution is -2.30. The highest BCUT2D eigenvalue weighted by atomic mass is 35.5. The summed E-state index contributed by atoms with van der Waals surface area (Å²) in [6.07, 6.45) is 2.22. The van der Waals surface area contributed by atoms with Gasteiger partial charge >= 0.3 is 0 Å². The van der Waals surface area contributed by atoms with E-state index in [0.717, 1.165) is 31.7 Å². The highest BCUT2D eigenvalue weighted by Crippen LogP contribution is 2.26. The fourth-order valence-electron chi connectivity index (χ4n) is 1.68. The first-order valence-electron chi connectivity index (χ1n) is 5.05. The second kappa shape index (κ2) is 5.06. The van der Waals surface area contributed by atoms with Gasteiger partial charge in [-0.2, -0.15) is 0 Å². The van der Waals surface area contributed by atoms with Crippen molar-refractivity contribution in [3.63, 3.8) is 0 Å². The Bertz CT molecular complexity index is 337. The number of benzene rings is 1. The Kier molecular flexibility index (Phi) is 3.73. The lowest BCUT2D eigenvalue weighted by molar-refractivity contribution is 0.0876. The fourth-order valence-corrected chi connectivity index (χ4v) is 2.14. The molecule has 0 bridgehead atoms. The Morgan fingerprint density at radius 1 is 1.33 bits per heavy atom. The van der Waals surface area contributed by atoms with Gasteiger partial charge in [0.05, 0.1) is 17.3 Å². The van der Waals surface area contributed by atoms with E-state index in [1.165, 1.54) is 0 Å². The molecule has 82 valence electrons. The van der Waals surface area contributed by atoms with Crippen LogP contribution in [0.4, 0.5) is 5.69 Å². The van der Waals surface area contributed by atoms with Crippen LogP contribution in [0.3, 0.4) is 0 Å². The third-order valence-electron chi connectivity index (χ3n) is 2.45. The molecule has 1 saturated heterocycles. The van der Waals surface area contributed by atoms with E-state index >= 15 is 0 Å². The minimum absolute atomic E-state index is 0.359. The highest BCUT2D eigenvalue weighted by Gasteiger charge is 2.14. The molecule has 1 aromatic carbocycles. The maximum Gasteiger partial charge on any atom is 0.0667 e. The predicted molar refractivity (Wildman–Crippen MR) is 63.9 cm³/mol. The summed E-state index contributed by atoms with van der Waals surface area (Å²) in [7, 11) is 0. The van der Waals surface area contributed by atoms with E-state index in [2.05, 4.69) is 5.32 Å². The molecular formula is C11H13Cl2NO. The van der Waals surface area contributed by atoms with Crippen molar-refractivity contribution in [3.8, 4) is 0 Å². The van der Waals surface area contributed by atoms with Crippen molar-refractivity contribution in [2.24, 2.45) is 0 Å².